The van der Waals surface area contributed by atoms with Gasteiger partial charge < -0.3 is 10.0 Å². The highest BCUT2D eigenvalue weighted by atomic mass is 19.1. The molecule has 1 unspecified atom stereocenters. The Morgan fingerprint density at radius 2 is 2.18 bits per heavy atom. The Morgan fingerprint density at radius 3 is 2.65 bits per heavy atom. The molecule has 5 nitrogen and oxygen atoms in total. The second kappa shape index (κ2) is 5.38. The number of carboxylic acid groups (broad SMARTS) is 1. The SMILES string of the molecule is CCC(C(=O)O)N(C)C(=O)c1cccc(F)n1. The highest BCUT2D eigenvalue weighted by Crippen LogP contribution is 2.08. The number of nitrogens with zero attached hydrogens (tertiary/aromatic N) is 2. The second-order valence-electron chi connectivity index (χ2n) is 3.52. The first-order valence-corrected chi connectivity index (χ1v) is 5.10. The number of pyridine rings is 1. The van der Waals surface area contributed by atoms with Crippen LogP contribution in [0.4, 0.5) is 4.39 Å². The fourth-order valence-corrected chi connectivity index (χ4v) is 1.46. The van der Waals surface area contributed by atoms with E-state index < -0.39 is 23.9 Å². The van der Waals surface area contributed by atoms with E-state index in [0.717, 1.165) is 11.0 Å². The Kier molecular flexibility index (Phi) is 4.14. The Balaban J connectivity index is 2.93. The molecule has 0 aliphatic rings. The van der Waals surface area contributed by atoms with E-state index >= 15 is 0 Å². The monoisotopic (exact) mass is 240 g/mol. The molecule has 1 heterocycles. The van der Waals surface area contributed by atoms with Crippen LogP contribution in [0, 0.1) is 5.95 Å². The molecule has 0 saturated carbocycles. The highest BCUT2D eigenvalue weighted by molar-refractivity contribution is 5.94. The van der Waals surface area contributed by atoms with Crippen molar-refractivity contribution in [1.29, 1.82) is 0 Å². The molecular weight excluding hydrogens is 227 g/mol. The van der Waals surface area contributed by atoms with E-state index in [0.29, 0.717) is 0 Å². The number of hydrogen-bond acceptors (Lipinski definition) is 3. The molecule has 0 radical (unpaired) electrons. The van der Waals surface area contributed by atoms with Gasteiger partial charge in [-0.3, -0.25) is 4.79 Å². The van der Waals surface area contributed by atoms with Crippen LogP contribution in [0.3, 0.4) is 0 Å². The summed E-state index contributed by atoms with van der Waals surface area (Å²) in [4.78, 5) is 27.2. The number of likely N-dealkylation sites (N-methyl/N-ethyl adjacent to an activating group) is 1. The van der Waals surface area contributed by atoms with Crippen LogP contribution in [-0.2, 0) is 4.79 Å². The van der Waals surface area contributed by atoms with Crippen LogP contribution in [0.2, 0.25) is 0 Å². The van der Waals surface area contributed by atoms with Gasteiger partial charge in [0, 0.05) is 7.05 Å². The van der Waals surface area contributed by atoms with Crippen molar-refractivity contribution in [2.45, 2.75) is 19.4 Å². The van der Waals surface area contributed by atoms with Crippen molar-refractivity contribution in [3.63, 3.8) is 0 Å². The van der Waals surface area contributed by atoms with Crippen LogP contribution < -0.4 is 0 Å². The first-order chi connectivity index (χ1) is 7.97. The topological polar surface area (TPSA) is 70.5 Å². The largest absolute Gasteiger partial charge is 0.480 e. The Morgan fingerprint density at radius 1 is 1.53 bits per heavy atom. The van der Waals surface area contributed by atoms with Crippen molar-refractivity contribution < 1.29 is 19.1 Å². The number of aromatic nitrogens is 1. The first kappa shape index (κ1) is 13.1. The quantitative estimate of drug-likeness (QED) is 0.801. The van der Waals surface area contributed by atoms with Gasteiger partial charge in [-0.2, -0.15) is 4.39 Å². The van der Waals surface area contributed by atoms with Gasteiger partial charge in [-0.25, -0.2) is 9.78 Å². The molecule has 0 aliphatic heterocycles. The molecule has 1 N–H and O–H groups in total. The molecule has 0 bridgehead atoms. The Labute approximate surface area is 97.9 Å². The van der Waals surface area contributed by atoms with Crippen molar-refractivity contribution in [2.24, 2.45) is 0 Å². The summed E-state index contributed by atoms with van der Waals surface area (Å²) in [6.45, 7) is 1.65. The number of hydrogen-bond donors (Lipinski definition) is 1. The summed E-state index contributed by atoms with van der Waals surface area (Å²) >= 11 is 0. The van der Waals surface area contributed by atoms with Gasteiger partial charge in [0.1, 0.15) is 11.7 Å². The average Bonchev–Trinajstić information content (AvgIpc) is 2.28. The first-order valence-electron chi connectivity index (χ1n) is 5.10. The number of aliphatic carboxylic acids is 1. The Hall–Kier alpha value is -1.98. The maximum atomic E-state index is 12.8. The highest BCUT2D eigenvalue weighted by Gasteiger charge is 2.26. The third-order valence-electron chi connectivity index (χ3n) is 2.39. The lowest BCUT2D eigenvalue weighted by Crippen LogP contribution is -2.42. The summed E-state index contributed by atoms with van der Waals surface area (Å²) in [5.41, 5.74) is -0.104. The lowest BCUT2D eigenvalue weighted by atomic mass is 10.2. The molecule has 17 heavy (non-hydrogen) atoms. The van der Waals surface area contributed by atoms with Gasteiger partial charge in [0.15, 0.2) is 0 Å². The molecular formula is C11H13FN2O3. The lowest BCUT2D eigenvalue weighted by Gasteiger charge is -2.23. The molecule has 1 aromatic heterocycles. The minimum atomic E-state index is -1.10. The van der Waals surface area contributed by atoms with Crippen LogP contribution in [0.15, 0.2) is 18.2 Å². The normalized spacial score (nSPS) is 11.9. The van der Waals surface area contributed by atoms with Crippen LogP contribution in [-0.4, -0.2) is 40.0 Å². The van der Waals surface area contributed by atoms with E-state index in [1.165, 1.54) is 19.2 Å². The summed E-state index contributed by atoms with van der Waals surface area (Å²) in [7, 11) is 1.36. The van der Waals surface area contributed by atoms with E-state index in [9.17, 15) is 14.0 Å². The van der Waals surface area contributed by atoms with Gasteiger partial charge >= 0.3 is 5.97 Å². The van der Waals surface area contributed by atoms with Crippen molar-refractivity contribution in [2.75, 3.05) is 7.05 Å². The van der Waals surface area contributed by atoms with Crippen molar-refractivity contribution in [3.05, 3.63) is 29.8 Å². The summed E-state index contributed by atoms with van der Waals surface area (Å²) in [6.07, 6.45) is 0.271. The van der Waals surface area contributed by atoms with Crippen LogP contribution in [0.5, 0.6) is 0 Å². The molecule has 1 atom stereocenters. The number of halogens is 1. The van der Waals surface area contributed by atoms with Crippen LogP contribution >= 0.6 is 0 Å². The van der Waals surface area contributed by atoms with Crippen molar-refractivity contribution in [1.82, 2.24) is 9.88 Å². The molecule has 1 amide bonds. The van der Waals surface area contributed by atoms with Crippen LogP contribution in [0.1, 0.15) is 23.8 Å². The van der Waals surface area contributed by atoms with Gasteiger partial charge in [0.25, 0.3) is 5.91 Å². The van der Waals surface area contributed by atoms with Crippen molar-refractivity contribution >= 4 is 11.9 Å². The van der Waals surface area contributed by atoms with E-state index in [4.69, 9.17) is 5.11 Å². The molecule has 1 rings (SSSR count). The molecule has 0 fully saturated rings. The van der Waals surface area contributed by atoms with Gasteiger partial charge in [0.2, 0.25) is 5.95 Å². The van der Waals surface area contributed by atoms with Gasteiger partial charge in [-0.1, -0.05) is 13.0 Å². The summed E-state index contributed by atoms with van der Waals surface area (Å²) in [5.74, 6) is -2.48. The molecule has 0 aromatic carbocycles. The molecule has 1 aromatic rings. The summed E-state index contributed by atoms with van der Waals surface area (Å²) in [6, 6.07) is 2.87. The number of amides is 1. The zero-order valence-corrected chi connectivity index (χ0v) is 9.55. The van der Waals surface area contributed by atoms with Crippen molar-refractivity contribution in [3.8, 4) is 0 Å². The molecule has 6 heteroatoms. The number of rotatable bonds is 4. The van der Waals surface area contributed by atoms with E-state index in [2.05, 4.69) is 4.98 Å². The zero-order valence-electron chi connectivity index (χ0n) is 9.55. The van der Waals surface area contributed by atoms with Gasteiger partial charge in [-0.05, 0) is 18.6 Å². The molecule has 0 spiro atoms. The summed E-state index contributed by atoms with van der Waals surface area (Å²) < 4.78 is 12.8. The standard InChI is InChI=1S/C11H13FN2O3/c1-3-8(11(16)17)14(2)10(15)7-5-4-6-9(12)13-7/h4-6,8H,3H2,1-2H3,(H,16,17). The second-order valence-corrected chi connectivity index (χ2v) is 3.52. The predicted molar refractivity (Wildman–Crippen MR) is 58.0 cm³/mol. The smallest absolute Gasteiger partial charge is 0.326 e. The fraction of sp³-hybridized carbons (Fsp3) is 0.364. The maximum Gasteiger partial charge on any atom is 0.326 e. The minimum absolute atomic E-state index is 0.104. The van der Waals surface area contributed by atoms with Gasteiger partial charge in [-0.15, -0.1) is 0 Å². The maximum absolute atomic E-state index is 12.8. The molecule has 0 aliphatic carbocycles. The van der Waals surface area contributed by atoms with Crippen LogP contribution in [0.25, 0.3) is 0 Å². The van der Waals surface area contributed by atoms with Gasteiger partial charge in [0.05, 0.1) is 0 Å². The minimum Gasteiger partial charge on any atom is -0.480 e. The molecule has 0 saturated heterocycles. The zero-order chi connectivity index (χ0) is 13.0. The molecule has 92 valence electrons. The fourth-order valence-electron chi connectivity index (χ4n) is 1.46. The third kappa shape index (κ3) is 2.99. The average molecular weight is 240 g/mol. The Bertz CT molecular complexity index is 436. The third-order valence-corrected chi connectivity index (χ3v) is 2.39. The van der Waals surface area contributed by atoms with E-state index in [-0.39, 0.29) is 12.1 Å². The lowest BCUT2D eigenvalue weighted by molar-refractivity contribution is -0.142. The predicted octanol–water partition coefficient (Wildman–Crippen LogP) is 1.16. The number of carboxylic acids is 1. The summed E-state index contributed by atoms with van der Waals surface area (Å²) in [5, 5.41) is 8.91. The van der Waals surface area contributed by atoms with E-state index in [1.54, 1.807) is 6.92 Å². The van der Waals surface area contributed by atoms with E-state index in [1.807, 2.05) is 0 Å². The number of carbonyl (C=O) groups excluding carboxylic acids is 1. The number of carbonyl (C=O) groups is 2.